The molecule has 0 heterocycles. The topological polar surface area (TPSA) is 32.3 Å². The van der Waals surface area contributed by atoms with E-state index in [9.17, 15) is 26.3 Å². The summed E-state index contributed by atoms with van der Waals surface area (Å²) in [6, 6.07) is 2.51. The molecular formula is C11H5F6NO. The van der Waals surface area contributed by atoms with Crippen LogP contribution in [0.3, 0.4) is 0 Å². The zero-order valence-corrected chi connectivity index (χ0v) is 8.95. The monoisotopic (exact) mass is 281 g/mol. The number of aromatic hydroxyl groups is 1. The Hall–Kier alpha value is -2.12. The maximum Gasteiger partial charge on any atom is 0.482 e. The summed E-state index contributed by atoms with van der Waals surface area (Å²) in [5.41, 5.74) is -1.62. The van der Waals surface area contributed by atoms with Crippen LogP contribution in [0.4, 0.5) is 32.0 Å². The van der Waals surface area contributed by atoms with E-state index >= 15 is 0 Å². The van der Waals surface area contributed by atoms with E-state index in [-0.39, 0.29) is 0 Å². The molecule has 102 valence electrons. The number of alkyl halides is 3. The fourth-order valence-corrected chi connectivity index (χ4v) is 1.62. The van der Waals surface area contributed by atoms with Gasteiger partial charge in [-0.25, -0.2) is 13.2 Å². The van der Waals surface area contributed by atoms with Crippen molar-refractivity contribution in [3.63, 3.8) is 0 Å². The Kier molecular flexibility index (Phi) is 2.95. The van der Waals surface area contributed by atoms with E-state index in [2.05, 4.69) is 0 Å². The molecule has 0 saturated heterocycles. The van der Waals surface area contributed by atoms with Crippen LogP contribution in [-0.4, -0.2) is 11.4 Å². The zero-order chi connectivity index (χ0) is 14.4. The summed E-state index contributed by atoms with van der Waals surface area (Å²) in [4.78, 5) is 0. The van der Waals surface area contributed by atoms with E-state index in [0.717, 1.165) is 12.1 Å². The SMILES string of the molecule is Oc1ccc2c(F)c(NC(F)(F)F)c(F)c(F)c2c1. The molecule has 0 atom stereocenters. The van der Waals surface area contributed by atoms with Crippen LogP contribution in [0.1, 0.15) is 0 Å². The number of nitrogens with one attached hydrogen (secondary N) is 1. The van der Waals surface area contributed by atoms with Gasteiger partial charge in [-0.3, -0.25) is 5.32 Å². The van der Waals surface area contributed by atoms with Crippen molar-refractivity contribution in [1.82, 2.24) is 0 Å². The molecule has 0 unspecified atom stereocenters. The molecule has 0 spiro atoms. The Balaban J connectivity index is 2.77. The predicted octanol–water partition coefficient (Wildman–Crippen LogP) is 3.89. The summed E-state index contributed by atoms with van der Waals surface area (Å²) in [5, 5.41) is 8.47. The minimum atomic E-state index is -5.11. The van der Waals surface area contributed by atoms with Crippen LogP contribution in [-0.2, 0) is 0 Å². The summed E-state index contributed by atoms with van der Waals surface area (Å²) >= 11 is 0. The number of fused-ring (bicyclic) bond motifs is 1. The Morgan fingerprint density at radius 3 is 2.11 bits per heavy atom. The molecule has 2 rings (SSSR count). The van der Waals surface area contributed by atoms with Crippen LogP contribution in [0, 0.1) is 17.5 Å². The van der Waals surface area contributed by atoms with Crippen molar-refractivity contribution in [3.05, 3.63) is 35.7 Å². The van der Waals surface area contributed by atoms with Crippen LogP contribution < -0.4 is 5.32 Å². The lowest BCUT2D eigenvalue weighted by molar-refractivity contribution is -0.100. The van der Waals surface area contributed by atoms with Gasteiger partial charge >= 0.3 is 6.30 Å². The third kappa shape index (κ3) is 2.38. The van der Waals surface area contributed by atoms with E-state index in [1.807, 2.05) is 0 Å². The highest BCUT2D eigenvalue weighted by Gasteiger charge is 2.32. The highest BCUT2D eigenvalue weighted by atomic mass is 19.4. The molecule has 0 radical (unpaired) electrons. The summed E-state index contributed by atoms with van der Waals surface area (Å²) in [5.74, 6) is -5.75. The van der Waals surface area contributed by atoms with Crippen molar-refractivity contribution in [3.8, 4) is 5.75 Å². The molecule has 0 aromatic heterocycles. The molecule has 2 aromatic rings. The minimum absolute atomic E-state index is 0.471. The van der Waals surface area contributed by atoms with Gasteiger partial charge in [0.2, 0.25) is 0 Å². The zero-order valence-electron chi connectivity index (χ0n) is 8.95. The molecule has 0 aliphatic rings. The molecule has 0 amide bonds. The van der Waals surface area contributed by atoms with Gasteiger partial charge in [0.25, 0.3) is 0 Å². The van der Waals surface area contributed by atoms with Crippen molar-refractivity contribution in [2.45, 2.75) is 6.30 Å². The highest BCUT2D eigenvalue weighted by molar-refractivity contribution is 5.88. The second kappa shape index (κ2) is 4.22. The van der Waals surface area contributed by atoms with E-state index in [4.69, 9.17) is 5.11 Å². The van der Waals surface area contributed by atoms with Gasteiger partial charge < -0.3 is 5.11 Å². The van der Waals surface area contributed by atoms with E-state index in [0.29, 0.717) is 11.4 Å². The third-order valence-electron chi connectivity index (χ3n) is 2.37. The molecule has 2 N–H and O–H groups in total. The van der Waals surface area contributed by atoms with Crippen molar-refractivity contribution >= 4 is 16.5 Å². The van der Waals surface area contributed by atoms with Crippen molar-refractivity contribution < 1.29 is 31.4 Å². The largest absolute Gasteiger partial charge is 0.508 e. The average Bonchev–Trinajstić information content (AvgIpc) is 2.30. The molecule has 0 saturated carbocycles. The van der Waals surface area contributed by atoms with E-state index in [1.54, 1.807) is 0 Å². The van der Waals surface area contributed by atoms with Gasteiger partial charge in [0.05, 0.1) is 0 Å². The average molecular weight is 281 g/mol. The molecule has 2 aromatic carbocycles. The number of hydrogen-bond acceptors (Lipinski definition) is 2. The van der Waals surface area contributed by atoms with Gasteiger partial charge in [-0.15, -0.1) is 0 Å². The highest BCUT2D eigenvalue weighted by Crippen LogP contribution is 2.34. The Morgan fingerprint density at radius 1 is 0.895 bits per heavy atom. The Morgan fingerprint density at radius 2 is 1.53 bits per heavy atom. The van der Waals surface area contributed by atoms with Crippen LogP contribution in [0.5, 0.6) is 5.75 Å². The summed E-state index contributed by atoms with van der Waals surface area (Å²) in [6.45, 7) is 0. The predicted molar refractivity (Wildman–Crippen MR) is 55.2 cm³/mol. The first-order valence-corrected chi connectivity index (χ1v) is 4.85. The van der Waals surface area contributed by atoms with Gasteiger partial charge in [0.1, 0.15) is 11.4 Å². The molecule has 19 heavy (non-hydrogen) atoms. The van der Waals surface area contributed by atoms with Gasteiger partial charge in [-0.1, -0.05) is 0 Å². The van der Waals surface area contributed by atoms with Crippen LogP contribution in [0.15, 0.2) is 18.2 Å². The van der Waals surface area contributed by atoms with Crippen molar-refractivity contribution in [2.24, 2.45) is 0 Å². The standard InChI is InChI=1S/C11H5F6NO/c12-7-6-3-4(19)1-2-5(6)8(13)10(9(7)14)18-11(15,16)17/h1-3,18-19H. The quantitative estimate of drug-likeness (QED) is 0.472. The minimum Gasteiger partial charge on any atom is -0.508 e. The smallest absolute Gasteiger partial charge is 0.482 e. The summed E-state index contributed by atoms with van der Waals surface area (Å²) in [7, 11) is 0. The molecule has 8 heteroatoms. The second-order valence-electron chi connectivity index (χ2n) is 3.67. The Labute approximate surface area is 102 Å². The maximum absolute atomic E-state index is 13.7. The number of halogens is 6. The van der Waals surface area contributed by atoms with Gasteiger partial charge in [0.15, 0.2) is 17.5 Å². The molecule has 0 fully saturated rings. The van der Waals surface area contributed by atoms with Gasteiger partial charge in [0, 0.05) is 10.8 Å². The normalized spacial score (nSPS) is 11.9. The van der Waals surface area contributed by atoms with E-state index < -0.39 is 46.0 Å². The molecular weight excluding hydrogens is 276 g/mol. The lowest BCUT2D eigenvalue weighted by Gasteiger charge is -2.14. The fourth-order valence-electron chi connectivity index (χ4n) is 1.62. The van der Waals surface area contributed by atoms with Crippen LogP contribution >= 0.6 is 0 Å². The number of phenolic OH excluding ortho intramolecular Hbond substituents is 1. The molecule has 0 bridgehead atoms. The second-order valence-corrected chi connectivity index (χ2v) is 3.67. The number of rotatable bonds is 1. The summed E-state index contributed by atoms with van der Waals surface area (Å²) in [6.07, 6.45) is -5.11. The van der Waals surface area contributed by atoms with Gasteiger partial charge in [-0.05, 0) is 18.2 Å². The molecule has 2 nitrogen and oxygen atoms in total. The fraction of sp³-hybridized carbons (Fsp3) is 0.0909. The first-order chi connectivity index (χ1) is 8.70. The lowest BCUT2D eigenvalue weighted by Crippen LogP contribution is -2.23. The number of anilines is 1. The number of benzene rings is 2. The molecule has 0 aliphatic carbocycles. The number of hydrogen-bond donors (Lipinski definition) is 2. The lowest BCUT2D eigenvalue weighted by atomic mass is 10.1. The first kappa shape index (κ1) is 13.3. The maximum atomic E-state index is 13.7. The molecule has 0 aliphatic heterocycles. The Bertz CT molecular complexity index is 652. The van der Waals surface area contributed by atoms with Crippen molar-refractivity contribution in [1.29, 1.82) is 0 Å². The first-order valence-electron chi connectivity index (χ1n) is 4.85. The van der Waals surface area contributed by atoms with Gasteiger partial charge in [-0.2, -0.15) is 13.2 Å². The van der Waals surface area contributed by atoms with Crippen LogP contribution in [0.2, 0.25) is 0 Å². The number of phenols is 1. The van der Waals surface area contributed by atoms with E-state index in [1.165, 1.54) is 0 Å². The summed E-state index contributed by atoms with van der Waals surface area (Å²) < 4.78 is 76.9. The van der Waals surface area contributed by atoms with Crippen LogP contribution in [0.25, 0.3) is 10.8 Å². The third-order valence-corrected chi connectivity index (χ3v) is 2.37. The van der Waals surface area contributed by atoms with Crippen molar-refractivity contribution in [2.75, 3.05) is 5.32 Å².